The maximum Gasteiger partial charge on any atom is 0.328 e. The summed E-state index contributed by atoms with van der Waals surface area (Å²) < 4.78 is 21.2. The number of aromatic amines is 1. The zero-order valence-electron chi connectivity index (χ0n) is 36.1. The number of anilines is 3. The van der Waals surface area contributed by atoms with Crippen LogP contribution in [0.5, 0.6) is 0 Å². The van der Waals surface area contributed by atoms with Gasteiger partial charge < -0.3 is 24.6 Å². The van der Waals surface area contributed by atoms with E-state index < -0.39 is 11.7 Å². The molecule has 16 heteroatoms. The van der Waals surface area contributed by atoms with Crippen molar-refractivity contribution in [3.8, 4) is 22.5 Å². The summed E-state index contributed by atoms with van der Waals surface area (Å²) in [5.74, 6) is -0.209. The van der Waals surface area contributed by atoms with E-state index in [0.717, 1.165) is 75.6 Å². The lowest BCUT2D eigenvalue weighted by molar-refractivity contribution is -0.120. The van der Waals surface area contributed by atoms with Crippen molar-refractivity contribution >= 4 is 45.9 Å². The Morgan fingerprint density at radius 2 is 1.56 bits per heavy atom. The fourth-order valence-corrected chi connectivity index (χ4v) is 8.71. The zero-order chi connectivity index (χ0) is 43.8. The largest absolute Gasteiger partial charge is 0.372 e. The number of urea groups is 1. The van der Waals surface area contributed by atoms with Crippen molar-refractivity contribution in [3.63, 3.8) is 0 Å². The number of fused-ring (bicyclic) bond motifs is 1. The molecule has 3 fully saturated rings. The van der Waals surface area contributed by atoms with Crippen LogP contribution in [0.3, 0.4) is 0 Å². The van der Waals surface area contributed by atoms with Gasteiger partial charge in [0.2, 0.25) is 5.91 Å². The lowest BCUT2D eigenvalue weighted by Gasteiger charge is -2.40. The molecule has 3 saturated heterocycles. The first-order chi connectivity index (χ1) is 30.4. The van der Waals surface area contributed by atoms with Crippen molar-refractivity contribution in [3.05, 3.63) is 102 Å². The van der Waals surface area contributed by atoms with Gasteiger partial charge in [0, 0.05) is 104 Å². The highest BCUT2D eigenvalue weighted by Crippen LogP contribution is 2.34. The van der Waals surface area contributed by atoms with E-state index in [1.54, 1.807) is 24.0 Å². The van der Waals surface area contributed by atoms with E-state index >= 15 is 4.39 Å². The van der Waals surface area contributed by atoms with Gasteiger partial charge in [0.15, 0.2) is 5.82 Å². The van der Waals surface area contributed by atoms with Crippen LogP contribution in [-0.2, 0) is 16.8 Å². The van der Waals surface area contributed by atoms with Gasteiger partial charge in [-0.05, 0) is 90.9 Å². The second-order valence-electron chi connectivity index (χ2n) is 17.8. The number of nitrogens with one attached hydrogen (secondary N) is 3. The molecule has 3 aromatic heterocycles. The number of benzene rings is 3. The molecule has 9 rings (SSSR count). The Hall–Kier alpha value is -6.68. The molecular formula is C47H52FN11O4. The fourth-order valence-electron chi connectivity index (χ4n) is 8.71. The molecule has 326 valence electrons. The van der Waals surface area contributed by atoms with Gasteiger partial charge in [-0.25, -0.2) is 19.2 Å². The third-order valence-corrected chi connectivity index (χ3v) is 12.5. The van der Waals surface area contributed by atoms with E-state index in [9.17, 15) is 14.4 Å². The molecule has 0 spiro atoms. The van der Waals surface area contributed by atoms with Crippen molar-refractivity contribution in [1.82, 2.24) is 40.6 Å². The summed E-state index contributed by atoms with van der Waals surface area (Å²) in [7, 11) is 0. The molecule has 6 aromatic rings. The van der Waals surface area contributed by atoms with Crippen LogP contribution in [0, 0.1) is 18.7 Å². The molecule has 3 aromatic carbocycles. The Morgan fingerprint density at radius 1 is 0.873 bits per heavy atom. The maximum absolute atomic E-state index is 16.0. The molecule has 3 aliphatic rings. The number of hydrogen-bond donors (Lipinski definition) is 3. The Bertz CT molecular complexity index is 2640. The molecule has 0 saturated carbocycles. The Morgan fingerprint density at radius 3 is 2.24 bits per heavy atom. The Kier molecular flexibility index (Phi) is 11.4. The van der Waals surface area contributed by atoms with Crippen molar-refractivity contribution in [2.45, 2.75) is 58.9 Å². The van der Waals surface area contributed by atoms with Gasteiger partial charge in [-0.2, -0.15) is 4.98 Å². The van der Waals surface area contributed by atoms with Gasteiger partial charge in [0.25, 0.3) is 0 Å². The Balaban J connectivity index is 0.771. The SMILES string of the molecule is Cc1c(CNC(=O)c2nc(C(C)(C)C)no2)ccc(-c2ncnc3[nH]c(-c4ccc(N5CCN(CC6CCN(c7ccc(N8CCC(=O)NC8=O)cc7)CC6)CC5)cc4)cc23)c1F. The summed E-state index contributed by atoms with van der Waals surface area (Å²) in [6.45, 7) is 15.1. The fraction of sp³-hybridized carbons (Fsp3) is 0.383. The van der Waals surface area contributed by atoms with Crippen molar-refractivity contribution < 1.29 is 23.3 Å². The van der Waals surface area contributed by atoms with E-state index in [1.807, 2.05) is 39.0 Å². The molecule has 0 unspecified atom stereocenters. The molecule has 6 heterocycles. The molecule has 0 aliphatic carbocycles. The number of halogens is 1. The Labute approximate surface area is 365 Å². The van der Waals surface area contributed by atoms with Crippen molar-refractivity contribution in [2.24, 2.45) is 5.92 Å². The number of hydrogen-bond acceptors (Lipinski definition) is 11. The van der Waals surface area contributed by atoms with Gasteiger partial charge in [-0.1, -0.05) is 44.1 Å². The average molecular weight is 854 g/mol. The molecule has 0 atom stereocenters. The first-order valence-electron chi connectivity index (χ1n) is 21.7. The molecule has 15 nitrogen and oxygen atoms in total. The molecule has 0 bridgehead atoms. The monoisotopic (exact) mass is 853 g/mol. The zero-order valence-corrected chi connectivity index (χ0v) is 36.1. The van der Waals surface area contributed by atoms with Crippen LogP contribution in [0.4, 0.5) is 26.2 Å². The molecule has 3 N–H and O–H groups in total. The average Bonchev–Trinajstić information content (AvgIpc) is 3.97. The molecule has 3 aliphatic heterocycles. The van der Waals surface area contributed by atoms with E-state index in [4.69, 9.17) is 4.52 Å². The van der Waals surface area contributed by atoms with Crippen LogP contribution in [0.1, 0.15) is 67.7 Å². The van der Waals surface area contributed by atoms with Gasteiger partial charge in [-0.15, -0.1) is 0 Å². The topological polar surface area (TPSA) is 169 Å². The van der Waals surface area contributed by atoms with E-state index in [-0.39, 0.29) is 29.8 Å². The van der Waals surface area contributed by atoms with Crippen LogP contribution in [0.15, 0.2) is 77.6 Å². The summed E-state index contributed by atoms with van der Waals surface area (Å²) in [4.78, 5) is 62.2. The van der Waals surface area contributed by atoms with E-state index in [1.165, 1.54) is 17.7 Å². The van der Waals surface area contributed by atoms with E-state index in [2.05, 4.69) is 86.8 Å². The maximum atomic E-state index is 16.0. The van der Waals surface area contributed by atoms with Crippen LogP contribution in [-0.4, -0.2) is 100 Å². The van der Waals surface area contributed by atoms with Gasteiger partial charge >= 0.3 is 17.8 Å². The molecule has 0 radical (unpaired) electrons. The highest BCUT2D eigenvalue weighted by molar-refractivity contribution is 6.05. The standard InChI is InChI=1S/C47H52FN11O4/c1-29-32(26-49-43(61)44-54-45(55-63-44)47(2,3)4)7-14-36(40(29)48)41-37-25-38(52-42(37)51-28-50-41)31-5-8-33(9-6-31)58-23-21-56(22-24-58)27-30-15-18-57(19-16-30)34-10-12-35(13-11-34)59-20-17-39(60)53-46(59)62/h5-14,25,28,30H,15-24,26-27H2,1-4H3,(H,49,61)(H,50,51,52)(H,53,60,62). The minimum Gasteiger partial charge on any atom is -0.372 e. The van der Waals surface area contributed by atoms with Gasteiger partial charge in [-0.3, -0.25) is 24.7 Å². The number of carbonyl (C=O) groups is 3. The first-order valence-corrected chi connectivity index (χ1v) is 21.7. The number of piperidine rings is 1. The normalized spacial score (nSPS) is 16.8. The van der Waals surface area contributed by atoms with Crippen LogP contribution < -0.4 is 25.3 Å². The number of rotatable bonds is 10. The molecule has 4 amide bonds. The highest BCUT2D eigenvalue weighted by atomic mass is 19.1. The number of piperazine rings is 1. The number of aromatic nitrogens is 5. The van der Waals surface area contributed by atoms with Crippen LogP contribution in [0.2, 0.25) is 0 Å². The number of nitrogens with zero attached hydrogens (tertiary/aromatic N) is 8. The minimum atomic E-state index is -0.524. The third kappa shape index (κ3) is 8.85. The summed E-state index contributed by atoms with van der Waals surface area (Å²) in [5.41, 5.74) is 7.12. The number of carbonyl (C=O) groups excluding carboxylic acids is 3. The van der Waals surface area contributed by atoms with Crippen LogP contribution >= 0.6 is 0 Å². The lowest BCUT2D eigenvalue weighted by Crippen LogP contribution is -2.49. The summed E-state index contributed by atoms with van der Waals surface area (Å²) in [6, 6.07) is 21.7. The second kappa shape index (κ2) is 17.2. The second-order valence-corrected chi connectivity index (χ2v) is 17.8. The molecular weight excluding hydrogens is 802 g/mol. The summed E-state index contributed by atoms with van der Waals surface area (Å²) in [6.07, 6.45) is 4.04. The van der Waals surface area contributed by atoms with Gasteiger partial charge in [0.1, 0.15) is 17.8 Å². The number of imide groups is 1. The van der Waals surface area contributed by atoms with Crippen molar-refractivity contribution in [2.75, 3.05) is 67.1 Å². The summed E-state index contributed by atoms with van der Waals surface area (Å²) in [5, 5.41) is 9.77. The smallest absolute Gasteiger partial charge is 0.328 e. The van der Waals surface area contributed by atoms with E-state index in [0.29, 0.717) is 58.1 Å². The third-order valence-electron chi connectivity index (χ3n) is 12.5. The quantitative estimate of drug-likeness (QED) is 0.132. The first kappa shape index (κ1) is 41.7. The number of amides is 4. The minimum absolute atomic E-state index is 0.0864. The molecule has 63 heavy (non-hydrogen) atoms. The van der Waals surface area contributed by atoms with Gasteiger partial charge in [0.05, 0.1) is 5.69 Å². The highest BCUT2D eigenvalue weighted by Gasteiger charge is 2.28. The predicted octanol–water partition coefficient (Wildman–Crippen LogP) is 6.83. The predicted molar refractivity (Wildman–Crippen MR) is 239 cm³/mol. The van der Waals surface area contributed by atoms with Crippen LogP contribution in [0.25, 0.3) is 33.5 Å². The van der Waals surface area contributed by atoms with Crippen molar-refractivity contribution in [1.29, 1.82) is 0 Å². The number of H-pyrrole nitrogens is 1. The summed E-state index contributed by atoms with van der Waals surface area (Å²) >= 11 is 0. The lowest BCUT2D eigenvalue weighted by atomic mass is 9.95.